The molecule has 2 aromatic heterocycles. The number of hydrogen-bond donors (Lipinski definition) is 1. The summed E-state index contributed by atoms with van der Waals surface area (Å²) in [4.78, 5) is 19.7. The summed E-state index contributed by atoms with van der Waals surface area (Å²) in [6.07, 6.45) is 11.4. The number of nitrogens with one attached hydrogen (secondary N) is 1. The van der Waals surface area contributed by atoms with E-state index >= 15 is 0 Å². The second kappa shape index (κ2) is 9.39. The van der Waals surface area contributed by atoms with Crippen LogP contribution in [0.15, 0.2) is 71.7 Å². The molecule has 1 spiro atoms. The zero-order chi connectivity index (χ0) is 21.8. The second-order valence-corrected chi connectivity index (χ2v) is 9.68. The Balaban J connectivity index is 1.19. The molecule has 1 atom stereocenters. The Hall–Kier alpha value is -2.76. The molecule has 1 fully saturated rings. The van der Waals surface area contributed by atoms with Gasteiger partial charge >= 0.3 is 0 Å². The summed E-state index contributed by atoms with van der Waals surface area (Å²) in [5.41, 5.74) is 5.23. The van der Waals surface area contributed by atoms with E-state index in [0.717, 1.165) is 50.0 Å². The summed E-state index contributed by atoms with van der Waals surface area (Å²) in [5.74, 6) is -0.00528. The molecule has 1 aromatic carbocycles. The van der Waals surface area contributed by atoms with Crippen LogP contribution in [0.2, 0.25) is 0 Å². The highest BCUT2D eigenvalue weighted by atomic mass is 32.1. The van der Waals surface area contributed by atoms with Crippen molar-refractivity contribution in [2.24, 2.45) is 0 Å². The van der Waals surface area contributed by atoms with Crippen molar-refractivity contribution in [3.63, 3.8) is 0 Å². The van der Waals surface area contributed by atoms with E-state index in [4.69, 9.17) is 0 Å². The van der Waals surface area contributed by atoms with Gasteiger partial charge in [0.25, 0.3) is 0 Å². The predicted octanol–water partition coefficient (Wildman–Crippen LogP) is 4.99. The molecule has 3 aromatic rings. The molecular weight excluding hydrogens is 414 g/mol. The first-order chi connectivity index (χ1) is 15.7. The molecule has 1 amide bonds. The Labute approximate surface area is 194 Å². The summed E-state index contributed by atoms with van der Waals surface area (Å²) in [6, 6.07) is 14.8. The maximum absolute atomic E-state index is 13.1. The third-order valence-electron chi connectivity index (χ3n) is 7.01. The van der Waals surface area contributed by atoms with Crippen LogP contribution in [-0.4, -0.2) is 35.4 Å². The number of allylic oxidation sites excluding steroid dienone is 1. The average molecular weight is 444 g/mol. The fourth-order valence-electron chi connectivity index (χ4n) is 5.10. The van der Waals surface area contributed by atoms with E-state index in [2.05, 4.69) is 68.4 Å². The number of piperidine rings is 1. The smallest absolute Gasteiger partial charge is 0.227 e. The Morgan fingerprint density at radius 3 is 2.81 bits per heavy atom. The van der Waals surface area contributed by atoms with Crippen molar-refractivity contribution >= 4 is 23.3 Å². The minimum absolute atomic E-state index is 0.105. The van der Waals surface area contributed by atoms with Crippen LogP contribution in [0.1, 0.15) is 47.4 Å². The summed E-state index contributed by atoms with van der Waals surface area (Å²) >= 11 is 1.66. The number of pyridine rings is 1. The zero-order valence-corrected chi connectivity index (χ0v) is 19.1. The van der Waals surface area contributed by atoms with Crippen LogP contribution in [0.3, 0.4) is 0 Å². The minimum Gasteiger partial charge on any atom is -0.351 e. The fraction of sp³-hybridized carbons (Fsp3) is 0.333. The number of hydrogen-bond acceptors (Lipinski definition) is 4. The Bertz CT molecular complexity index is 1070. The van der Waals surface area contributed by atoms with Crippen molar-refractivity contribution in [1.29, 1.82) is 0 Å². The topological polar surface area (TPSA) is 45.2 Å². The van der Waals surface area contributed by atoms with E-state index in [-0.39, 0.29) is 17.2 Å². The van der Waals surface area contributed by atoms with Gasteiger partial charge in [-0.2, -0.15) is 11.3 Å². The number of nitrogens with zero attached hydrogens (tertiary/aromatic N) is 2. The molecule has 1 saturated heterocycles. The molecule has 32 heavy (non-hydrogen) atoms. The minimum atomic E-state index is -0.110. The molecule has 164 valence electrons. The maximum Gasteiger partial charge on any atom is 0.227 e. The van der Waals surface area contributed by atoms with Gasteiger partial charge in [0, 0.05) is 24.4 Å². The molecule has 0 saturated carbocycles. The zero-order valence-electron chi connectivity index (χ0n) is 18.2. The van der Waals surface area contributed by atoms with Crippen molar-refractivity contribution < 1.29 is 4.79 Å². The quantitative estimate of drug-likeness (QED) is 0.559. The first-order valence-electron chi connectivity index (χ1n) is 11.4. The lowest BCUT2D eigenvalue weighted by atomic mass is 9.74. The first-order valence-corrected chi connectivity index (χ1v) is 12.4. The average Bonchev–Trinajstić information content (AvgIpc) is 3.49. The van der Waals surface area contributed by atoms with Crippen LogP contribution in [0.25, 0.3) is 6.08 Å². The van der Waals surface area contributed by atoms with Gasteiger partial charge in [0.15, 0.2) is 0 Å². The van der Waals surface area contributed by atoms with Crippen LogP contribution >= 0.6 is 11.3 Å². The third kappa shape index (κ3) is 4.41. The van der Waals surface area contributed by atoms with Gasteiger partial charge in [-0.05, 0) is 84.0 Å². The number of carbonyl (C=O) groups excluding carboxylic acids is 1. The molecule has 0 radical (unpaired) electrons. The van der Waals surface area contributed by atoms with E-state index < -0.39 is 0 Å². The lowest BCUT2D eigenvalue weighted by Gasteiger charge is -2.39. The van der Waals surface area contributed by atoms with Crippen LogP contribution in [0.5, 0.6) is 0 Å². The van der Waals surface area contributed by atoms with Gasteiger partial charge in [-0.15, -0.1) is 0 Å². The summed E-state index contributed by atoms with van der Waals surface area (Å²) < 4.78 is 0. The number of thiophene rings is 1. The van der Waals surface area contributed by atoms with E-state index in [9.17, 15) is 4.79 Å². The fourth-order valence-corrected chi connectivity index (χ4v) is 5.81. The van der Waals surface area contributed by atoms with Crippen molar-refractivity contribution in [2.75, 3.05) is 19.6 Å². The van der Waals surface area contributed by atoms with E-state index in [1.54, 1.807) is 23.7 Å². The highest BCUT2D eigenvalue weighted by molar-refractivity contribution is 7.08. The van der Waals surface area contributed by atoms with E-state index in [1.807, 2.05) is 12.1 Å². The molecule has 3 heterocycles. The van der Waals surface area contributed by atoms with Crippen LogP contribution in [-0.2, 0) is 16.8 Å². The molecule has 1 aliphatic carbocycles. The number of fused-ring (bicyclic) bond motifs is 2. The van der Waals surface area contributed by atoms with Crippen molar-refractivity contribution in [3.05, 3.63) is 93.9 Å². The number of carbonyl (C=O) groups is 1. The maximum atomic E-state index is 13.1. The van der Waals surface area contributed by atoms with Crippen molar-refractivity contribution in [2.45, 2.75) is 37.1 Å². The Morgan fingerprint density at radius 1 is 1.16 bits per heavy atom. The molecule has 4 nitrogen and oxygen atoms in total. The number of rotatable bonds is 7. The molecule has 5 rings (SSSR count). The van der Waals surface area contributed by atoms with Crippen molar-refractivity contribution in [1.82, 2.24) is 15.2 Å². The van der Waals surface area contributed by atoms with Gasteiger partial charge in [0.2, 0.25) is 5.91 Å². The van der Waals surface area contributed by atoms with Crippen molar-refractivity contribution in [3.8, 4) is 0 Å². The lowest BCUT2D eigenvalue weighted by molar-refractivity contribution is -0.123. The highest BCUT2D eigenvalue weighted by Gasteiger charge is 2.37. The molecular formula is C27H29N3OS. The van der Waals surface area contributed by atoms with Gasteiger partial charge in [0.1, 0.15) is 0 Å². The van der Waals surface area contributed by atoms with Gasteiger partial charge in [-0.3, -0.25) is 9.78 Å². The largest absolute Gasteiger partial charge is 0.351 e. The van der Waals surface area contributed by atoms with Gasteiger partial charge in [-0.1, -0.05) is 42.5 Å². The van der Waals surface area contributed by atoms with E-state index in [0.29, 0.717) is 6.54 Å². The van der Waals surface area contributed by atoms with Gasteiger partial charge < -0.3 is 10.2 Å². The first kappa shape index (κ1) is 21.1. The predicted molar refractivity (Wildman–Crippen MR) is 131 cm³/mol. The standard InChI is InChI=1S/C27H29N3OS/c31-26(29-19-21-4-3-13-28-18-21)24(23-9-17-32-20-23)8-14-30-15-11-27(12-16-30)10-7-22-5-1-2-6-25(22)27/h1-7,9-10,13,17-18,20,24H,8,11-12,14-16,19H2,(H,29,31)/t24-/m0/s1. The molecule has 0 unspecified atom stereocenters. The molecule has 5 heteroatoms. The SMILES string of the molecule is O=C(NCc1cccnc1)[C@@H](CCN1CCC2(C=Cc3ccccc32)CC1)c1ccsc1. The number of amides is 1. The Kier molecular flexibility index (Phi) is 6.19. The van der Waals surface area contributed by atoms with Gasteiger partial charge in [0.05, 0.1) is 5.92 Å². The third-order valence-corrected chi connectivity index (χ3v) is 7.71. The normalized spacial score (nSPS) is 17.9. The number of likely N-dealkylation sites (tertiary alicyclic amines) is 1. The van der Waals surface area contributed by atoms with Crippen LogP contribution in [0, 0.1) is 0 Å². The van der Waals surface area contributed by atoms with Gasteiger partial charge in [-0.25, -0.2) is 0 Å². The Morgan fingerprint density at radius 2 is 2.03 bits per heavy atom. The lowest BCUT2D eigenvalue weighted by Crippen LogP contribution is -2.42. The summed E-state index contributed by atoms with van der Waals surface area (Å²) in [7, 11) is 0. The van der Waals surface area contributed by atoms with E-state index in [1.165, 1.54) is 11.1 Å². The summed E-state index contributed by atoms with van der Waals surface area (Å²) in [6.45, 7) is 3.62. The van der Waals surface area contributed by atoms with Crippen LogP contribution in [0.4, 0.5) is 0 Å². The molecule has 1 aliphatic heterocycles. The molecule has 2 aliphatic rings. The monoisotopic (exact) mass is 443 g/mol. The highest BCUT2D eigenvalue weighted by Crippen LogP contribution is 2.43. The van der Waals surface area contributed by atoms with Crippen LogP contribution < -0.4 is 5.32 Å². The molecule has 0 bridgehead atoms. The number of aromatic nitrogens is 1. The number of benzene rings is 1. The molecule has 1 N–H and O–H groups in total. The summed E-state index contributed by atoms with van der Waals surface area (Å²) in [5, 5.41) is 7.30. The second-order valence-electron chi connectivity index (χ2n) is 8.90.